The Morgan fingerprint density at radius 1 is 1.50 bits per heavy atom. The Balaban J connectivity index is 4.57. The first-order chi connectivity index (χ1) is 7.19. The second kappa shape index (κ2) is 5.89. The smallest absolute Gasteiger partial charge is 0.415 e. The summed E-state index contributed by atoms with van der Waals surface area (Å²) in [6.07, 6.45) is 1.02. The van der Waals surface area contributed by atoms with Crippen LogP contribution in [0.4, 0.5) is 4.79 Å². The van der Waals surface area contributed by atoms with Gasteiger partial charge in [-0.15, -0.1) is 0 Å². The Kier molecular flexibility index (Phi) is 5.50. The lowest BCUT2D eigenvalue weighted by atomic mass is 10.2. The fourth-order valence-corrected chi connectivity index (χ4v) is 1.27. The highest BCUT2D eigenvalue weighted by atomic mass is 79.9. The fourth-order valence-electron chi connectivity index (χ4n) is 0.777. The highest BCUT2D eigenvalue weighted by Crippen LogP contribution is 2.13. The van der Waals surface area contributed by atoms with Gasteiger partial charge in [-0.05, 0) is 36.7 Å². The van der Waals surface area contributed by atoms with Gasteiger partial charge in [0, 0.05) is 20.3 Å². The minimum Gasteiger partial charge on any atom is -0.443 e. The van der Waals surface area contributed by atoms with Crippen molar-refractivity contribution in [2.45, 2.75) is 26.4 Å². The van der Waals surface area contributed by atoms with E-state index in [1.165, 1.54) is 7.05 Å². The lowest BCUT2D eigenvalue weighted by Crippen LogP contribution is -2.38. The summed E-state index contributed by atoms with van der Waals surface area (Å²) in [4.78, 5) is 12.7. The van der Waals surface area contributed by atoms with Crippen molar-refractivity contribution in [3.63, 3.8) is 0 Å². The Bertz CT molecular complexity index is 308. The Hall–Kier alpha value is -1.04. The van der Waals surface area contributed by atoms with Crippen LogP contribution in [-0.4, -0.2) is 36.5 Å². The van der Waals surface area contributed by atoms with Crippen molar-refractivity contribution < 1.29 is 9.53 Å². The summed E-state index contributed by atoms with van der Waals surface area (Å²) in [6, 6.07) is 0. The number of likely N-dealkylation sites (N-methyl/N-ethyl adjacent to an activating group) is 1. The SMILES string of the molecule is CN/C=C(/Br)C(=N)N(C)C(=O)OC(C)(C)C. The molecule has 0 aliphatic heterocycles. The molecule has 0 radical (unpaired) electrons. The average molecular weight is 292 g/mol. The highest BCUT2D eigenvalue weighted by molar-refractivity contribution is 9.12. The number of carbonyl (C=O) groups is 1. The van der Waals surface area contributed by atoms with Gasteiger partial charge in [0.2, 0.25) is 0 Å². The molecular weight excluding hydrogens is 274 g/mol. The lowest BCUT2D eigenvalue weighted by Gasteiger charge is -2.24. The molecule has 0 aliphatic carbocycles. The number of hydrogen-bond acceptors (Lipinski definition) is 4. The fraction of sp³-hybridized carbons (Fsp3) is 0.600. The summed E-state index contributed by atoms with van der Waals surface area (Å²) in [5, 5.41) is 10.5. The highest BCUT2D eigenvalue weighted by Gasteiger charge is 2.22. The van der Waals surface area contributed by atoms with Gasteiger partial charge < -0.3 is 10.1 Å². The van der Waals surface area contributed by atoms with E-state index in [9.17, 15) is 4.79 Å². The van der Waals surface area contributed by atoms with Crippen LogP contribution in [0.15, 0.2) is 10.7 Å². The number of amidine groups is 1. The lowest BCUT2D eigenvalue weighted by molar-refractivity contribution is 0.0402. The molecule has 0 spiro atoms. The molecule has 6 heteroatoms. The zero-order valence-corrected chi connectivity index (χ0v) is 11.8. The van der Waals surface area contributed by atoms with Crippen LogP contribution < -0.4 is 5.32 Å². The molecule has 92 valence electrons. The molecule has 0 aromatic heterocycles. The molecule has 16 heavy (non-hydrogen) atoms. The normalized spacial score (nSPS) is 12.0. The van der Waals surface area contributed by atoms with E-state index in [2.05, 4.69) is 21.2 Å². The predicted octanol–water partition coefficient (Wildman–Crippen LogP) is 2.29. The Morgan fingerprint density at radius 2 is 2.00 bits per heavy atom. The zero-order valence-electron chi connectivity index (χ0n) is 10.2. The molecule has 0 atom stereocenters. The van der Waals surface area contributed by atoms with Crippen molar-refractivity contribution in [2.24, 2.45) is 0 Å². The molecule has 2 N–H and O–H groups in total. The molecule has 0 saturated heterocycles. The molecule has 0 aliphatic rings. The third kappa shape index (κ3) is 5.16. The zero-order chi connectivity index (χ0) is 12.9. The molecule has 0 unspecified atom stereocenters. The van der Waals surface area contributed by atoms with Crippen LogP contribution in [0.3, 0.4) is 0 Å². The molecule has 0 bridgehead atoms. The third-order valence-electron chi connectivity index (χ3n) is 1.50. The number of nitrogens with one attached hydrogen (secondary N) is 2. The van der Waals surface area contributed by atoms with Gasteiger partial charge in [0.05, 0.1) is 4.48 Å². The maximum absolute atomic E-state index is 11.6. The number of hydrogen-bond donors (Lipinski definition) is 2. The first kappa shape index (κ1) is 15.0. The number of carbonyl (C=O) groups excluding carboxylic acids is 1. The number of rotatable bonds is 2. The quantitative estimate of drug-likeness (QED) is 0.606. The monoisotopic (exact) mass is 291 g/mol. The van der Waals surface area contributed by atoms with E-state index in [1.807, 2.05) is 0 Å². The average Bonchev–Trinajstić information content (AvgIpc) is 2.13. The topological polar surface area (TPSA) is 65.4 Å². The summed E-state index contributed by atoms with van der Waals surface area (Å²) in [5.74, 6) is 0.0311. The van der Waals surface area contributed by atoms with Gasteiger partial charge >= 0.3 is 6.09 Å². The van der Waals surface area contributed by atoms with Crippen molar-refractivity contribution in [3.8, 4) is 0 Å². The number of ether oxygens (including phenoxy) is 1. The number of amides is 1. The van der Waals surface area contributed by atoms with E-state index in [0.29, 0.717) is 4.48 Å². The third-order valence-corrected chi connectivity index (χ3v) is 2.10. The minimum atomic E-state index is -0.565. The van der Waals surface area contributed by atoms with Crippen LogP contribution in [0.5, 0.6) is 0 Å². The van der Waals surface area contributed by atoms with Crippen LogP contribution in [0.1, 0.15) is 20.8 Å². The molecule has 5 nitrogen and oxygen atoms in total. The molecule has 0 fully saturated rings. The maximum atomic E-state index is 11.6. The first-order valence-corrected chi connectivity index (χ1v) is 5.57. The summed E-state index contributed by atoms with van der Waals surface area (Å²) in [6.45, 7) is 5.34. The van der Waals surface area contributed by atoms with Gasteiger partial charge in [-0.1, -0.05) is 0 Å². The summed E-state index contributed by atoms with van der Waals surface area (Å²) in [5.41, 5.74) is -0.565. The van der Waals surface area contributed by atoms with Crippen molar-refractivity contribution in [1.29, 1.82) is 5.41 Å². The second-order valence-electron chi connectivity index (χ2n) is 4.17. The van der Waals surface area contributed by atoms with Gasteiger partial charge in [-0.3, -0.25) is 10.3 Å². The molecule has 0 heterocycles. The standard InChI is InChI=1S/C10H18BrN3O2/c1-10(2,3)16-9(15)14(5)8(12)7(11)6-13-4/h6,12-13H,1-5H3/b7-6+,12-8?. The van der Waals surface area contributed by atoms with Crippen molar-refractivity contribution in [1.82, 2.24) is 10.2 Å². The van der Waals surface area contributed by atoms with E-state index in [-0.39, 0.29) is 5.84 Å². The van der Waals surface area contributed by atoms with Crippen LogP contribution in [0.25, 0.3) is 0 Å². The predicted molar refractivity (Wildman–Crippen MR) is 67.8 cm³/mol. The van der Waals surface area contributed by atoms with Gasteiger partial charge in [-0.2, -0.15) is 0 Å². The van der Waals surface area contributed by atoms with E-state index in [4.69, 9.17) is 10.1 Å². The molecule has 0 aromatic carbocycles. The van der Waals surface area contributed by atoms with Crippen LogP contribution in [-0.2, 0) is 4.74 Å². The van der Waals surface area contributed by atoms with Crippen molar-refractivity contribution in [3.05, 3.63) is 10.7 Å². The van der Waals surface area contributed by atoms with Gasteiger partial charge in [-0.25, -0.2) is 4.79 Å². The van der Waals surface area contributed by atoms with Crippen LogP contribution in [0.2, 0.25) is 0 Å². The summed E-state index contributed by atoms with van der Waals surface area (Å²) < 4.78 is 5.60. The maximum Gasteiger partial charge on any atom is 0.415 e. The van der Waals surface area contributed by atoms with Crippen molar-refractivity contribution >= 4 is 27.9 Å². The largest absolute Gasteiger partial charge is 0.443 e. The van der Waals surface area contributed by atoms with Gasteiger partial charge in [0.15, 0.2) is 0 Å². The minimum absolute atomic E-state index is 0.0311. The van der Waals surface area contributed by atoms with Gasteiger partial charge in [0.1, 0.15) is 11.4 Å². The van der Waals surface area contributed by atoms with Gasteiger partial charge in [0.25, 0.3) is 0 Å². The Morgan fingerprint density at radius 3 is 2.38 bits per heavy atom. The first-order valence-electron chi connectivity index (χ1n) is 4.77. The van der Waals surface area contributed by atoms with E-state index >= 15 is 0 Å². The molecule has 0 aromatic rings. The summed E-state index contributed by atoms with van der Waals surface area (Å²) in [7, 11) is 3.20. The summed E-state index contributed by atoms with van der Waals surface area (Å²) >= 11 is 3.18. The molecule has 0 rings (SSSR count). The second-order valence-corrected chi connectivity index (χ2v) is 5.02. The van der Waals surface area contributed by atoms with E-state index in [1.54, 1.807) is 34.0 Å². The van der Waals surface area contributed by atoms with Crippen LogP contribution in [0, 0.1) is 5.41 Å². The van der Waals surface area contributed by atoms with E-state index in [0.717, 1.165) is 4.90 Å². The number of halogens is 1. The number of nitrogens with zero attached hydrogens (tertiary/aromatic N) is 1. The van der Waals surface area contributed by atoms with Crippen molar-refractivity contribution in [2.75, 3.05) is 14.1 Å². The van der Waals surface area contributed by atoms with E-state index < -0.39 is 11.7 Å². The molecule has 1 amide bonds. The van der Waals surface area contributed by atoms with Crippen LogP contribution >= 0.6 is 15.9 Å². The Labute approximate surface area is 104 Å². The molecule has 0 saturated carbocycles. The molecular formula is C10H18BrN3O2.